The summed E-state index contributed by atoms with van der Waals surface area (Å²) in [6, 6.07) is 3.56. The van der Waals surface area contributed by atoms with E-state index >= 15 is 0 Å². The van der Waals surface area contributed by atoms with Crippen molar-refractivity contribution in [3.05, 3.63) is 36.1 Å². The average molecular weight is 384 g/mol. The molecule has 9 heteroatoms. The van der Waals surface area contributed by atoms with Gasteiger partial charge in [-0.15, -0.1) is 0 Å². The van der Waals surface area contributed by atoms with Gasteiger partial charge in [0.25, 0.3) is 0 Å². The maximum Gasteiger partial charge on any atom is 0.244 e. The van der Waals surface area contributed by atoms with Crippen molar-refractivity contribution in [1.29, 1.82) is 0 Å². The van der Waals surface area contributed by atoms with Crippen LogP contribution < -0.4 is 15.1 Å². The Balaban J connectivity index is 1.46. The maximum atomic E-state index is 12.1. The molecule has 0 spiro atoms. The van der Waals surface area contributed by atoms with E-state index in [9.17, 15) is 4.79 Å². The smallest absolute Gasteiger partial charge is 0.244 e. The van der Waals surface area contributed by atoms with Crippen molar-refractivity contribution in [2.75, 3.05) is 49.2 Å². The van der Waals surface area contributed by atoms with E-state index in [4.69, 9.17) is 9.15 Å². The number of nitrogens with one attached hydrogen (secondary N) is 1. The van der Waals surface area contributed by atoms with Gasteiger partial charge in [-0.25, -0.2) is 0 Å². The SMILES string of the molecule is O=C(/C=C/c1ccco1)NCc1nc(N2CCCC2)nc(N2CCOCC2)n1. The van der Waals surface area contributed by atoms with E-state index in [1.807, 2.05) is 0 Å². The summed E-state index contributed by atoms with van der Waals surface area (Å²) >= 11 is 0. The number of aromatic nitrogens is 3. The number of rotatable bonds is 6. The summed E-state index contributed by atoms with van der Waals surface area (Å²) in [6.07, 6.45) is 6.90. The van der Waals surface area contributed by atoms with Gasteiger partial charge in [0.15, 0.2) is 5.82 Å². The highest BCUT2D eigenvalue weighted by Gasteiger charge is 2.21. The summed E-state index contributed by atoms with van der Waals surface area (Å²) in [5, 5.41) is 2.83. The number of carbonyl (C=O) groups excluding carboxylic acids is 1. The molecule has 28 heavy (non-hydrogen) atoms. The fourth-order valence-corrected chi connectivity index (χ4v) is 3.21. The van der Waals surface area contributed by atoms with Crippen LogP contribution >= 0.6 is 0 Å². The highest BCUT2D eigenvalue weighted by Crippen LogP contribution is 2.19. The molecule has 0 atom stereocenters. The van der Waals surface area contributed by atoms with E-state index in [0.717, 1.165) is 39.0 Å². The standard InChI is InChI=1S/C19H24N6O3/c26-17(6-5-15-4-3-11-28-15)20-14-16-21-18(24-7-1-2-8-24)23-19(22-16)25-9-12-27-13-10-25/h3-6,11H,1-2,7-10,12-14H2,(H,20,26)/b6-5+. The van der Waals surface area contributed by atoms with Gasteiger partial charge in [0, 0.05) is 32.3 Å². The van der Waals surface area contributed by atoms with Crippen LogP contribution in [0, 0.1) is 0 Å². The topological polar surface area (TPSA) is 96.6 Å². The van der Waals surface area contributed by atoms with Crippen LogP contribution in [-0.4, -0.2) is 60.3 Å². The normalized spacial score (nSPS) is 17.4. The zero-order valence-electron chi connectivity index (χ0n) is 15.7. The molecule has 0 aliphatic carbocycles. The minimum Gasteiger partial charge on any atom is -0.465 e. The number of hydrogen-bond donors (Lipinski definition) is 1. The molecule has 2 aromatic heterocycles. The third-order valence-electron chi connectivity index (χ3n) is 4.70. The Kier molecular flexibility index (Phi) is 5.81. The molecule has 0 aromatic carbocycles. The predicted molar refractivity (Wildman–Crippen MR) is 104 cm³/mol. The molecule has 9 nitrogen and oxygen atoms in total. The van der Waals surface area contributed by atoms with Crippen LogP contribution in [0.2, 0.25) is 0 Å². The maximum absolute atomic E-state index is 12.1. The molecule has 148 valence electrons. The van der Waals surface area contributed by atoms with E-state index in [2.05, 4.69) is 30.1 Å². The van der Waals surface area contributed by atoms with Crippen molar-refractivity contribution in [2.24, 2.45) is 0 Å². The van der Waals surface area contributed by atoms with Gasteiger partial charge in [-0.3, -0.25) is 4.79 Å². The average Bonchev–Trinajstić information content (AvgIpc) is 3.45. The molecule has 2 aromatic rings. The molecule has 0 unspecified atom stereocenters. The molecular formula is C19H24N6O3. The van der Waals surface area contributed by atoms with E-state index < -0.39 is 0 Å². The Bertz CT molecular complexity index is 811. The van der Waals surface area contributed by atoms with Crippen molar-refractivity contribution in [1.82, 2.24) is 20.3 Å². The largest absolute Gasteiger partial charge is 0.465 e. The first-order valence-corrected chi connectivity index (χ1v) is 9.60. The molecular weight excluding hydrogens is 360 g/mol. The lowest BCUT2D eigenvalue weighted by molar-refractivity contribution is -0.116. The summed E-state index contributed by atoms with van der Waals surface area (Å²) in [7, 11) is 0. The van der Waals surface area contributed by atoms with Gasteiger partial charge in [-0.1, -0.05) is 0 Å². The quantitative estimate of drug-likeness (QED) is 0.743. The Morgan fingerprint density at radius 3 is 2.46 bits per heavy atom. The van der Waals surface area contributed by atoms with E-state index in [-0.39, 0.29) is 12.5 Å². The number of anilines is 2. The van der Waals surface area contributed by atoms with Gasteiger partial charge in [0.2, 0.25) is 17.8 Å². The summed E-state index contributed by atoms with van der Waals surface area (Å²) in [4.78, 5) is 30.2. The molecule has 2 fully saturated rings. The van der Waals surface area contributed by atoms with Gasteiger partial charge in [0.05, 0.1) is 26.0 Å². The minimum atomic E-state index is -0.229. The second kappa shape index (κ2) is 8.83. The molecule has 2 aliphatic heterocycles. The fourth-order valence-electron chi connectivity index (χ4n) is 3.21. The number of nitrogens with zero attached hydrogens (tertiary/aromatic N) is 5. The van der Waals surface area contributed by atoms with Crippen molar-refractivity contribution in [3.63, 3.8) is 0 Å². The lowest BCUT2D eigenvalue weighted by Gasteiger charge is -2.28. The van der Waals surface area contributed by atoms with Gasteiger partial charge in [-0.2, -0.15) is 15.0 Å². The monoisotopic (exact) mass is 384 g/mol. The highest BCUT2D eigenvalue weighted by molar-refractivity contribution is 5.91. The first kappa shape index (κ1) is 18.4. The number of morpholine rings is 1. The first-order valence-electron chi connectivity index (χ1n) is 9.60. The zero-order chi connectivity index (χ0) is 19.2. The van der Waals surface area contributed by atoms with Crippen LogP contribution in [0.3, 0.4) is 0 Å². The Hall–Kier alpha value is -2.94. The van der Waals surface area contributed by atoms with Crippen molar-refractivity contribution >= 4 is 23.9 Å². The van der Waals surface area contributed by atoms with Crippen molar-refractivity contribution in [2.45, 2.75) is 19.4 Å². The third kappa shape index (κ3) is 4.66. The lowest BCUT2D eigenvalue weighted by Crippen LogP contribution is -2.38. The Morgan fingerprint density at radius 1 is 1.07 bits per heavy atom. The van der Waals surface area contributed by atoms with Crippen LogP contribution in [0.15, 0.2) is 28.9 Å². The summed E-state index contributed by atoms with van der Waals surface area (Å²) in [6.45, 7) is 4.96. The third-order valence-corrected chi connectivity index (χ3v) is 4.70. The first-order chi connectivity index (χ1) is 13.8. The molecule has 2 saturated heterocycles. The van der Waals surface area contributed by atoms with Gasteiger partial charge in [0.1, 0.15) is 5.76 Å². The Morgan fingerprint density at radius 2 is 1.79 bits per heavy atom. The molecule has 0 bridgehead atoms. The molecule has 0 saturated carbocycles. The van der Waals surface area contributed by atoms with Crippen LogP contribution in [0.4, 0.5) is 11.9 Å². The number of carbonyl (C=O) groups is 1. The summed E-state index contributed by atoms with van der Waals surface area (Å²) in [5.41, 5.74) is 0. The molecule has 2 aliphatic rings. The van der Waals surface area contributed by atoms with Gasteiger partial charge >= 0.3 is 0 Å². The van der Waals surface area contributed by atoms with E-state index in [1.54, 1.807) is 24.5 Å². The van der Waals surface area contributed by atoms with Crippen LogP contribution in [0.25, 0.3) is 6.08 Å². The number of ether oxygens (including phenoxy) is 1. The van der Waals surface area contributed by atoms with Crippen molar-refractivity contribution in [3.8, 4) is 0 Å². The molecule has 0 radical (unpaired) electrons. The van der Waals surface area contributed by atoms with Crippen LogP contribution in [0.5, 0.6) is 0 Å². The highest BCUT2D eigenvalue weighted by atomic mass is 16.5. The fraction of sp³-hybridized carbons (Fsp3) is 0.474. The van der Waals surface area contributed by atoms with E-state index in [1.165, 1.54) is 6.08 Å². The van der Waals surface area contributed by atoms with Gasteiger partial charge < -0.3 is 24.3 Å². The molecule has 4 rings (SSSR count). The molecule has 1 amide bonds. The summed E-state index contributed by atoms with van der Waals surface area (Å²) in [5.74, 6) is 2.28. The number of hydrogen-bond acceptors (Lipinski definition) is 8. The van der Waals surface area contributed by atoms with Crippen LogP contribution in [0.1, 0.15) is 24.4 Å². The zero-order valence-corrected chi connectivity index (χ0v) is 15.7. The molecule has 4 heterocycles. The predicted octanol–water partition coefficient (Wildman–Crippen LogP) is 1.23. The number of amides is 1. The summed E-state index contributed by atoms with van der Waals surface area (Å²) < 4.78 is 10.6. The Labute approximate surface area is 163 Å². The van der Waals surface area contributed by atoms with Crippen LogP contribution in [-0.2, 0) is 16.1 Å². The minimum absolute atomic E-state index is 0.229. The number of furan rings is 1. The van der Waals surface area contributed by atoms with Crippen molar-refractivity contribution < 1.29 is 13.9 Å². The second-order valence-corrected chi connectivity index (χ2v) is 6.71. The van der Waals surface area contributed by atoms with Gasteiger partial charge in [-0.05, 0) is 31.1 Å². The molecule has 1 N–H and O–H groups in total. The second-order valence-electron chi connectivity index (χ2n) is 6.71. The van der Waals surface area contributed by atoms with E-state index in [0.29, 0.717) is 36.7 Å². The lowest BCUT2D eigenvalue weighted by atomic mass is 10.4.